The highest BCUT2D eigenvalue weighted by molar-refractivity contribution is 9.10. The van der Waals surface area contributed by atoms with Gasteiger partial charge in [-0.3, -0.25) is 4.79 Å². The van der Waals surface area contributed by atoms with E-state index in [1.807, 2.05) is 30.3 Å². The van der Waals surface area contributed by atoms with Crippen LogP contribution in [0.1, 0.15) is 37.9 Å². The van der Waals surface area contributed by atoms with Gasteiger partial charge in [0.05, 0.1) is 5.56 Å². The molecule has 0 aliphatic carbocycles. The molecular formula is C28H20BrClO4. The zero-order valence-corrected chi connectivity index (χ0v) is 20.3. The lowest BCUT2D eigenvalue weighted by atomic mass is 9.99. The van der Waals surface area contributed by atoms with Crippen molar-refractivity contribution in [1.29, 1.82) is 0 Å². The highest BCUT2D eigenvalue weighted by Gasteiger charge is 2.26. The van der Waals surface area contributed by atoms with Gasteiger partial charge in [-0.15, -0.1) is 0 Å². The maximum atomic E-state index is 13.2. The quantitative estimate of drug-likeness (QED) is 0.174. The Kier molecular flexibility index (Phi) is 7.78. The van der Waals surface area contributed by atoms with Crippen molar-refractivity contribution in [2.24, 2.45) is 0 Å². The average Bonchev–Trinajstić information content (AvgIpc) is 2.88. The summed E-state index contributed by atoms with van der Waals surface area (Å²) in [5.74, 6) is -0.155. The van der Waals surface area contributed by atoms with Crippen LogP contribution in [0, 0.1) is 0 Å². The second kappa shape index (κ2) is 11.1. The summed E-state index contributed by atoms with van der Waals surface area (Å²) in [5, 5.41) is 0.530. The van der Waals surface area contributed by atoms with Crippen molar-refractivity contribution in [2.45, 2.75) is 12.7 Å². The van der Waals surface area contributed by atoms with Crippen molar-refractivity contribution in [3.8, 4) is 5.75 Å². The molecule has 0 heterocycles. The van der Waals surface area contributed by atoms with Gasteiger partial charge < -0.3 is 9.47 Å². The number of ketones is 1. The van der Waals surface area contributed by atoms with Crippen molar-refractivity contribution in [3.05, 3.63) is 135 Å². The number of hydrogen-bond acceptors (Lipinski definition) is 4. The van der Waals surface area contributed by atoms with E-state index >= 15 is 0 Å². The predicted octanol–water partition coefficient (Wildman–Crippen LogP) is 7.46. The normalized spacial score (nSPS) is 11.5. The maximum Gasteiger partial charge on any atom is 0.339 e. The Morgan fingerprint density at radius 1 is 0.765 bits per heavy atom. The van der Waals surface area contributed by atoms with Crippen molar-refractivity contribution in [3.63, 3.8) is 0 Å². The fourth-order valence-electron chi connectivity index (χ4n) is 3.27. The number of Topliss-reactive ketones (excluding diaryl/α,β-unsaturated/α-hetero) is 1. The zero-order valence-electron chi connectivity index (χ0n) is 18.0. The third-order valence-corrected chi connectivity index (χ3v) is 5.88. The molecule has 1 atom stereocenters. The van der Waals surface area contributed by atoms with Crippen molar-refractivity contribution in [1.82, 2.24) is 0 Å². The van der Waals surface area contributed by atoms with Gasteiger partial charge in [0.1, 0.15) is 12.4 Å². The summed E-state index contributed by atoms with van der Waals surface area (Å²) >= 11 is 9.39. The van der Waals surface area contributed by atoms with E-state index in [0.29, 0.717) is 28.3 Å². The van der Waals surface area contributed by atoms with Crippen LogP contribution in [0.2, 0.25) is 5.02 Å². The minimum Gasteiger partial charge on any atom is -0.489 e. The first-order chi connectivity index (χ1) is 16.5. The third kappa shape index (κ3) is 6.13. The van der Waals surface area contributed by atoms with Crippen molar-refractivity contribution in [2.75, 3.05) is 0 Å². The van der Waals surface area contributed by atoms with Crippen LogP contribution < -0.4 is 4.74 Å². The highest BCUT2D eigenvalue weighted by Crippen LogP contribution is 2.26. The fraction of sp³-hybridized carbons (Fsp3) is 0.0714. The van der Waals surface area contributed by atoms with E-state index in [0.717, 1.165) is 15.8 Å². The lowest BCUT2D eigenvalue weighted by Crippen LogP contribution is -2.20. The Balaban J connectivity index is 1.47. The van der Waals surface area contributed by atoms with Crippen LogP contribution in [0.15, 0.2) is 108 Å². The lowest BCUT2D eigenvalue weighted by molar-refractivity contribution is 0.0280. The summed E-state index contributed by atoms with van der Waals surface area (Å²) in [6.45, 7) is 0.358. The average molecular weight is 536 g/mol. The fourth-order valence-corrected chi connectivity index (χ4v) is 3.66. The SMILES string of the molecule is O=C(O[C@H](C(=O)c1ccccc1)c1ccc(Cl)cc1)c1ccc(COc2ccc(Br)cc2)cc1. The molecule has 0 radical (unpaired) electrons. The van der Waals surface area contributed by atoms with Gasteiger partial charge in [-0.1, -0.05) is 82.1 Å². The number of halogens is 2. The zero-order chi connectivity index (χ0) is 23.9. The second-order valence-electron chi connectivity index (χ2n) is 7.51. The van der Waals surface area contributed by atoms with E-state index < -0.39 is 12.1 Å². The van der Waals surface area contributed by atoms with Gasteiger partial charge >= 0.3 is 5.97 Å². The van der Waals surface area contributed by atoms with Crippen LogP contribution in [-0.4, -0.2) is 11.8 Å². The van der Waals surface area contributed by atoms with E-state index in [1.165, 1.54) is 0 Å². The Hall–Kier alpha value is -3.41. The number of carbonyl (C=O) groups excluding carboxylic acids is 2. The number of carbonyl (C=O) groups is 2. The minimum atomic E-state index is -1.09. The van der Waals surface area contributed by atoms with Crippen LogP contribution in [0.4, 0.5) is 0 Å². The van der Waals surface area contributed by atoms with Gasteiger partial charge in [0.25, 0.3) is 0 Å². The Labute approximate surface area is 211 Å². The third-order valence-electron chi connectivity index (χ3n) is 5.10. The molecule has 0 aliphatic rings. The summed E-state index contributed by atoms with van der Waals surface area (Å²) in [6.07, 6.45) is -1.09. The molecular weight excluding hydrogens is 516 g/mol. The minimum absolute atomic E-state index is 0.309. The molecule has 0 spiro atoms. The maximum absolute atomic E-state index is 13.2. The molecule has 0 saturated carbocycles. The molecule has 0 N–H and O–H groups in total. The molecule has 0 fully saturated rings. The summed E-state index contributed by atoms with van der Waals surface area (Å²) < 4.78 is 12.4. The Morgan fingerprint density at radius 2 is 1.41 bits per heavy atom. The molecule has 0 aliphatic heterocycles. The first-order valence-electron chi connectivity index (χ1n) is 10.5. The van der Waals surface area contributed by atoms with Crippen molar-refractivity contribution >= 4 is 39.3 Å². The van der Waals surface area contributed by atoms with Crippen molar-refractivity contribution < 1.29 is 19.1 Å². The smallest absolute Gasteiger partial charge is 0.339 e. The first kappa shape index (κ1) is 23.7. The molecule has 34 heavy (non-hydrogen) atoms. The topological polar surface area (TPSA) is 52.6 Å². The van der Waals surface area contributed by atoms with E-state index in [-0.39, 0.29) is 5.78 Å². The van der Waals surface area contributed by atoms with E-state index in [2.05, 4.69) is 15.9 Å². The lowest BCUT2D eigenvalue weighted by Gasteiger charge is -2.18. The largest absolute Gasteiger partial charge is 0.489 e. The van der Waals surface area contributed by atoms with Gasteiger partial charge in [0.2, 0.25) is 5.78 Å². The number of hydrogen-bond donors (Lipinski definition) is 0. The monoisotopic (exact) mass is 534 g/mol. The predicted molar refractivity (Wildman–Crippen MR) is 135 cm³/mol. The summed E-state index contributed by atoms with van der Waals surface area (Å²) in [7, 11) is 0. The van der Waals surface area contributed by atoms with Crippen LogP contribution >= 0.6 is 27.5 Å². The molecule has 4 aromatic rings. The van der Waals surface area contributed by atoms with Crippen LogP contribution in [-0.2, 0) is 11.3 Å². The van der Waals surface area contributed by atoms with Crippen LogP contribution in [0.25, 0.3) is 0 Å². The molecule has 0 saturated heterocycles. The van der Waals surface area contributed by atoms with E-state index in [1.54, 1.807) is 72.8 Å². The summed E-state index contributed by atoms with van der Waals surface area (Å²) in [6, 6.07) is 29.9. The summed E-state index contributed by atoms with van der Waals surface area (Å²) in [4.78, 5) is 26.1. The Bertz CT molecular complexity index is 1250. The standard InChI is InChI=1S/C28H20BrClO4/c29-23-12-16-25(17-13-23)33-18-19-6-8-22(9-7-19)28(32)34-27(21-10-14-24(30)15-11-21)26(31)20-4-2-1-3-5-20/h1-17,27H,18H2/t27-/m0/s1. The molecule has 4 rings (SSSR count). The number of ether oxygens (including phenoxy) is 2. The number of benzene rings is 4. The highest BCUT2D eigenvalue weighted by atomic mass is 79.9. The van der Waals surface area contributed by atoms with E-state index in [4.69, 9.17) is 21.1 Å². The molecule has 170 valence electrons. The number of esters is 1. The van der Waals surface area contributed by atoms with Gasteiger partial charge in [0, 0.05) is 20.6 Å². The van der Waals surface area contributed by atoms with E-state index in [9.17, 15) is 9.59 Å². The second-order valence-corrected chi connectivity index (χ2v) is 8.86. The Morgan fingerprint density at radius 3 is 2.06 bits per heavy atom. The summed E-state index contributed by atoms with van der Waals surface area (Å²) in [5.41, 5.74) is 2.24. The molecule has 0 amide bonds. The van der Waals surface area contributed by atoms with Crippen LogP contribution in [0.5, 0.6) is 5.75 Å². The van der Waals surface area contributed by atoms with Gasteiger partial charge in [-0.2, -0.15) is 0 Å². The van der Waals surface area contributed by atoms with Gasteiger partial charge in [-0.25, -0.2) is 4.79 Å². The first-order valence-corrected chi connectivity index (χ1v) is 11.7. The molecule has 0 unspecified atom stereocenters. The van der Waals surface area contributed by atoms with Gasteiger partial charge in [0.15, 0.2) is 6.10 Å². The van der Waals surface area contributed by atoms with Crippen LogP contribution in [0.3, 0.4) is 0 Å². The molecule has 4 nitrogen and oxygen atoms in total. The number of rotatable bonds is 8. The molecule has 0 aromatic heterocycles. The molecule has 6 heteroatoms. The molecule has 4 aromatic carbocycles. The molecule has 0 bridgehead atoms. The van der Waals surface area contributed by atoms with Gasteiger partial charge in [-0.05, 0) is 54.1 Å².